The van der Waals surface area contributed by atoms with Gasteiger partial charge < -0.3 is 25.0 Å². The SMILES string of the molecule is CN(C)C/C=C/C(=O)Nc1cccnc1-c1nc2c(-c3ccc(CNC(=O)c4nc(C(C)(C)C)no4)c(C(F)(F)F)c3)ccnc2[nH]1. The fraction of sp³-hybridized carbons (Fsp3) is 0.281. The molecule has 0 atom stereocenters. The van der Waals surface area contributed by atoms with Gasteiger partial charge in [-0.3, -0.25) is 14.6 Å². The molecule has 0 saturated heterocycles. The van der Waals surface area contributed by atoms with Gasteiger partial charge in [0.2, 0.25) is 5.91 Å². The van der Waals surface area contributed by atoms with Gasteiger partial charge >= 0.3 is 18.0 Å². The summed E-state index contributed by atoms with van der Waals surface area (Å²) >= 11 is 0. The molecule has 0 saturated carbocycles. The number of anilines is 1. The molecule has 5 aromatic rings. The van der Waals surface area contributed by atoms with Crippen LogP contribution in [0.1, 0.15) is 48.4 Å². The number of aromatic nitrogens is 6. The van der Waals surface area contributed by atoms with Crippen LogP contribution < -0.4 is 10.6 Å². The summed E-state index contributed by atoms with van der Waals surface area (Å²) in [5.74, 6) is -0.937. The van der Waals surface area contributed by atoms with E-state index in [1.54, 1.807) is 24.3 Å². The van der Waals surface area contributed by atoms with E-state index in [1.165, 1.54) is 30.6 Å². The predicted octanol–water partition coefficient (Wildman–Crippen LogP) is 5.37. The summed E-state index contributed by atoms with van der Waals surface area (Å²) in [4.78, 5) is 47.4. The number of nitrogens with one attached hydrogen (secondary N) is 3. The number of H-pyrrole nitrogens is 1. The number of carbonyl (C=O) groups is 2. The number of hydrogen-bond acceptors (Lipinski definition) is 9. The Morgan fingerprint density at radius 3 is 2.53 bits per heavy atom. The first-order valence-electron chi connectivity index (χ1n) is 14.5. The highest BCUT2D eigenvalue weighted by Crippen LogP contribution is 2.37. The highest BCUT2D eigenvalue weighted by molar-refractivity contribution is 6.01. The Morgan fingerprint density at radius 2 is 1.83 bits per heavy atom. The standard InChI is InChI=1S/C32H32F3N9O3/c1-31(2,3)30-42-29(47-43-30)28(46)38-17-19-11-10-18(16-21(19)32(33,34)35)20-12-14-37-26-24(20)40-27(41-26)25-22(8-6-13-36-25)39-23(45)9-7-15-44(4)5/h6-14,16H,15,17H2,1-5H3,(H,38,46)(H,39,45)(H,37,40,41)/b9-7+. The molecule has 244 valence electrons. The molecule has 4 heterocycles. The Balaban J connectivity index is 1.43. The summed E-state index contributed by atoms with van der Waals surface area (Å²) < 4.78 is 47.9. The van der Waals surface area contributed by atoms with Crippen LogP contribution in [0.15, 0.2) is 65.5 Å². The Labute approximate surface area is 267 Å². The van der Waals surface area contributed by atoms with Gasteiger partial charge in [0.15, 0.2) is 17.3 Å². The largest absolute Gasteiger partial charge is 0.416 e. The zero-order valence-electron chi connectivity index (χ0n) is 26.2. The minimum Gasteiger partial charge on any atom is -0.344 e. The van der Waals surface area contributed by atoms with Crippen molar-refractivity contribution in [3.8, 4) is 22.6 Å². The molecular weight excluding hydrogens is 615 g/mol. The van der Waals surface area contributed by atoms with Crippen LogP contribution in [0.3, 0.4) is 0 Å². The van der Waals surface area contributed by atoms with Crippen LogP contribution in [0.4, 0.5) is 18.9 Å². The molecule has 12 nitrogen and oxygen atoms in total. The van der Waals surface area contributed by atoms with E-state index in [9.17, 15) is 22.8 Å². The lowest BCUT2D eigenvalue weighted by Crippen LogP contribution is -2.25. The van der Waals surface area contributed by atoms with Crippen LogP contribution in [0.2, 0.25) is 0 Å². The Hall–Kier alpha value is -5.44. The number of fused-ring (bicyclic) bond motifs is 1. The summed E-state index contributed by atoms with van der Waals surface area (Å²) in [6.45, 7) is 5.65. The van der Waals surface area contributed by atoms with Crippen molar-refractivity contribution in [3.63, 3.8) is 0 Å². The van der Waals surface area contributed by atoms with Crippen molar-refractivity contribution >= 4 is 28.7 Å². The number of carbonyl (C=O) groups excluding carboxylic acids is 2. The van der Waals surface area contributed by atoms with Crippen LogP contribution in [0.5, 0.6) is 0 Å². The maximum Gasteiger partial charge on any atom is 0.416 e. The van der Waals surface area contributed by atoms with Crippen molar-refractivity contribution in [2.45, 2.75) is 38.9 Å². The van der Waals surface area contributed by atoms with Crippen LogP contribution >= 0.6 is 0 Å². The van der Waals surface area contributed by atoms with E-state index in [-0.39, 0.29) is 28.7 Å². The fourth-order valence-electron chi connectivity index (χ4n) is 4.53. The van der Waals surface area contributed by atoms with Crippen molar-refractivity contribution in [3.05, 3.63) is 83.8 Å². The minimum absolute atomic E-state index is 0.160. The first-order chi connectivity index (χ1) is 22.2. The number of rotatable bonds is 9. The van der Waals surface area contributed by atoms with Gasteiger partial charge in [-0.05, 0) is 49.5 Å². The fourth-order valence-corrected chi connectivity index (χ4v) is 4.53. The molecule has 0 radical (unpaired) electrons. The maximum absolute atomic E-state index is 14.3. The van der Waals surface area contributed by atoms with Crippen LogP contribution in [-0.2, 0) is 22.9 Å². The third-order valence-corrected chi connectivity index (χ3v) is 6.87. The number of nitrogens with zero attached hydrogens (tertiary/aromatic N) is 6. The molecule has 0 unspecified atom stereocenters. The average molecular weight is 648 g/mol. The molecule has 0 bridgehead atoms. The van der Waals surface area contributed by atoms with Gasteiger partial charge in [-0.15, -0.1) is 0 Å². The second-order valence-electron chi connectivity index (χ2n) is 11.9. The smallest absolute Gasteiger partial charge is 0.344 e. The molecule has 5 rings (SSSR count). The highest BCUT2D eigenvalue weighted by atomic mass is 19.4. The lowest BCUT2D eigenvalue weighted by Gasteiger charge is -2.15. The second-order valence-corrected chi connectivity index (χ2v) is 11.9. The highest BCUT2D eigenvalue weighted by Gasteiger charge is 2.34. The first-order valence-corrected chi connectivity index (χ1v) is 14.5. The number of aromatic amines is 1. The number of hydrogen-bond donors (Lipinski definition) is 3. The first kappa shape index (κ1) is 32.9. The average Bonchev–Trinajstić information content (AvgIpc) is 3.68. The summed E-state index contributed by atoms with van der Waals surface area (Å²) in [7, 11) is 3.76. The van der Waals surface area contributed by atoms with Crippen molar-refractivity contribution in [1.82, 2.24) is 40.3 Å². The second kappa shape index (κ2) is 13.1. The Morgan fingerprint density at radius 1 is 1.04 bits per heavy atom. The van der Waals surface area contributed by atoms with Crippen molar-refractivity contribution in [2.24, 2.45) is 0 Å². The van der Waals surface area contributed by atoms with E-state index in [4.69, 9.17) is 4.52 Å². The van der Waals surface area contributed by atoms with E-state index >= 15 is 0 Å². The van der Waals surface area contributed by atoms with Crippen LogP contribution in [-0.4, -0.2) is 67.4 Å². The topological polar surface area (TPSA) is 155 Å². The lowest BCUT2D eigenvalue weighted by atomic mass is 9.96. The molecule has 1 aromatic carbocycles. The number of imidazole rings is 1. The third kappa shape index (κ3) is 7.69. The number of alkyl halides is 3. The maximum atomic E-state index is 14.3. The lowest BCUT2D eigenvalue weighted by molar-refractivity contribution is -0.138. The predicted molar refractivity (Wildman–Crippen MR) is 168 cm³/mol. The van der Waals surface area contributed by atoms with Gasteiger partial charge in [-0.2, -0.15) is 18.2 Å². The van der Waals surface area contributed by atoms with Crippen molar-refractivity contribution < 1.29 is 27.3 Å². The van der Waals surface area contributed by atoms with Gasteiger partial charge in [-0.25, -0.2) is 9.97 Å². The molecule has 3 N–H and O–H groups in total. The number of halogens is 3. The normalized spacial score (nSPS) is 12.3. The van der Waals surface area contributed by atoms with Gasteiger partial charge in [0, 0.05) is 42.5 Å². The zero-order valence-corrected chi connectivity index (χ0v) is 26.2. The Bertz CT molecular complexity index is 1960. The summed E-state index contributed by atoms with van der Waals surface area (Å²) in [6.07, 6.45) is 1.38. The summed E-state index contributed by atoms with van der Waals surface area (Å²) in [5.41, 5.74) is 0.352. The van der Waals surface area contributed by atoms with E-state index < -0.39 is 29.6 Å². The Kier molecular flexibility index (Phi) is 9.19. The van der Waals surface area contributed by atoms with Gasteiger partial charge in [0.1, 0.15) is 11.2 Å². The van der Waals surface area contributed by atoms with Gasteiger partial charge in [0.05, 0.1) is 11.3 Å². The quantitative estimate of drug-likeness (QED) is 0.179. The van der Waals surface area contributed by atoms with Gasteiger partial charge in [-0.1, -0.05) is 44.1 Å². The number of amides is 2. The molecule has 2 amide bonds. The molecule has 47 heavy (non-hydrogen) atoms. The molecule has 0 fully saturated rings. The molecular formula is C32H32F3N9O3. The van der Waals surface area contributed by atoms with Crippen molar-refractivity contribution in [2.75, 3.05) is 26.0 Å². The van der Waals surface area contributed by atoms with E-state index in [1.807, 2.05) is 39.8 Å². The molecule has 0 aliphatic carbocycles. The van der Waals surface area contributed by atoms with Gasteiger partial charge in [0.25, 0.3) is 0 Å². The van der Waals surface area contributed by atoms with Crippen molar-refractivity contribution in [1.29, 1.82) is 0 Å². The molecule has 4 aromatic heterocycles. The summed E-state index contributed by atoms with van der Waals surface area (Å²) in [6, 6.07) is 8.68. The van der Waals surface area contributed by atoms with Crippen LogP contribution in [0, 0.1) is 0 Å². The zero-order chi connectivity index (χ0) is 33.9. The molecule has 0 aliphatic heterocycles. The van der Waals surface area contributed by atoms with Crippen LogP contribution in [0.25, 0.3) is 33.8 Å². The molecule has 0 spiro atoms. The van der Waals surface area contributed by atoms with E-state index in [0.29, 0.717) is 40.5 Å². The monoisotopic (exact) mass is 647 g/mol. The van der Waals surface area contributed by atoms with E-state index in [0.717, 1.165) is 6.07 Å². The third-order valence-electron chi connectivity index (χ3n) is 6.87. The minimum atomic E-state index is -4.73. The molecule has 0 aliphatic rings. The number of pyridine rings is 2. The number of benzene rings is 1. The summed E-state index contributed by atoms with van der Waals surface area (Å²) in [5, 5.41) is 9.00. The van der Waals surface area contributed by atoms with E-state index in [2.05, 4.69) is 40.7 Å². The molecule has 15 heteroatoms. The number of likely N-dealkylation sites (N-methyl/N-ethyl adjacent to an activating group) is 1.